The van der Waals surface area contributed by atoms with Gasteiger partial charge >= 0.3 is 0 Å². The summed E-state index contributed by atoms with van der Waals surface area (Å²) in [4.78, 5) is 31.2. The molecule has 0 radical (unpaired) electrons. The lowest BCUT2D eigenvalue weighted by atomic mass is 10.0. The molecule has 0 saturated carbocycles. The van der Waals surface area contributed by atoms with Crippen LogP contribution in [0.4, 0.5) is 5.69 Å². The second-order valence-electron chi connectivity index (χ2n) is 6.28. The van der Waals surface area contributed by atoms with Crippen LogP contribution in [0, 0.1) is 11.8 Å². The molecular weight excluding hydrogens is 338 g/mol. The van der Waals surface area contributed by atoms with Gasteiger partial charge in [-0.05, 0) is 61.1 Å². The zero-order valence-electron chi connectivity index (χ0n) is 15.2. The molecule has 0 fully saturated rings. The zero-order valence-corrected chi connectivity index (χ0v) is 15.2. The molecule has 3 aromatic rings. The highest BCUT2D eigenvalue weighted by Gasteiger charge is 2.08. The van der Waals surface area contributed by atoms with Gasteiger partial charge in [-0.2, -0.15) is 0 Å². The molecule has 2 aromatic heterocycles. The van der Waals surface area contributed by atoms with Gasteiger partial charge in [0.05, 0.1) is 0 Å². The van der Waals surface area contributed by atoms with Crippen LogP contribution < -0.4 is 5.32 Å². The number of amides is 1. The number of hydrogen-bond donors (Lipinski definition) is 2. The van der Waals surface area contributed by atoms with Crippen LogP contribution in [-0.4, -0.2) is 21.7 Å². The highest BCUT2D eigenvalue weighted by molar-refractivity contribution is 6.03. The predicted molar refractivity (Wildman–Crippen MR) is 106 cm³/mol. The molecule has 2 heterocycles. The van der Waals surface area contributed by atoms with Crippen molar-refractivity contribution in [2.75, 3.05) is 5.32 Å². The fourth-order valence-electron chi connectivity index (χ4n) is 3.00. The van der Waals surface area contributed by atoms with Crippen molar-refractivity contribution in [2.24, 2.45) is 0 Å². The fraction of sp³-hybridized carbons (Fsp3) is 0.227. The van der Waals surface area contributed by atoms with E-state index in [1.807, 2.05) is 42.6 Å². The van der Waals surface area contributed by atoms with Crippen LogP contribution in [0.15, 0.2) is 48.8 Å². The van der Waals surface area contributed by atoms with Crippen molar-refractivity contribution in [2.45, 2.75) is 32.6 Å². The molecule has 1 aromatic carbocycles. The number of nitrogens with zero attached hydrogens (tertiary/aromatic N) is 1. The average Bonchev–Trinajstić information content (AvgIpc) is 3.14. The van der Waals surface area contributed by atoms with Crippen LogP contribution in [0.1, 0.15) is 30.9 Å². The number of rotatable bonds is 7. The topological polar surface area (TPSA) is 74.8 Å². The number of carbonyl (C=O) groups is 2. The second-order valence-corrected chi connectivity index (χ2v) is 6.28. The Kier molecular flexibility index (Phi) is 6.01. The van der Waals surface area contributed by atoms with Gasteiger partial charge in [-0.3, -0.25) is 9.59 Å². The van der Waals surface area contributed by atoms with Crippen molar-refractivity contribution in [1.82, 2.24) is 9.97 Å². The molecule has 5 heteroatoms. The van der Waals surface area contributed by atoms with Crippen LogP contribution in [0.25, 0.3) is 11.0 Å². The van der Waals surface area contributed by atoms with Gasteiger partial charge in [0.25, 0.3) is 5.91 Å². The SMILES string of the molecule is CC#CC(=O)Nc1cccc(CCC(=O)CCc2ccnc3[nH]ccc23)c1. The molecule has 0 atom stereocenters. The summed E-state index contributed by atoms with van der Waals surface area (Å²) in [6, 6.07) is 11.5. The fourth-order valence-corrected chi connectivity index (χ4v) is 3.00. The first-order chi connectivity index (χ1) is 13.2. The number of benzene rings is 1. The van der Waals surface area contributed by atoms with Crippen LogP contribution in [0.3, 0.4) is 0 Å². The molecule has 136 valence electrons. The minimum Gasteiger partial charge on any atom is -0.346 e. The Balaban J connectivity index is 1.52. The molecule has 1 amide bonds. The van der Waals surface area contributed by atoms with E-state index in [1.165, 1.54) is 0 Å². The molecule has 5 nitrogen and oxygen atoms in total. The van der Waals surface area contributed by atoms with Gasteiger partial charge in [0, 0.05) is 36.3 Å². The molecule has 0 saturated heterocycles. The van der Waals surface area contributed by atoms with E-state index in [-0.39, 0.29) is 11.7 Å². The maximum atomic E-state index is 12.3. The lowest BCUT2D eigenvalue weighted by Gasteiger charge is -2.06. The number of carbonyl (C=O) groups excluding carboxylic acids is 2. The number of nitrogens with one attached hydrogen (secondary N) is 2. The smallest absolute Gasteiger partial charge is 0.300 e. The van der Waals surface area contributed by atoms with Gasteiger partial charge in [0.1, 0.15) is 11.4 Å². The van der Waals surface area contributed by atoms with Gasteiger partial charge < -0.3 is 10.3 Å². The predicted octanol–water partition coefficient (Wildman–Crippen LogP) is 3.66. The number of anilines is 1. The third-order valence-electron chi connectivity index (χ3n) is 4.34. The van der Waals surface area contributed by atoms with Crippen molar-refractivity contribution >= 4 is 28.4 Å². The summed E-state index contributed by atoms with van der Waals surface area (Å²) < 4.78 is 0. The van der Waals surface area contributed by atoms with Crippen LogP contribution >= 0.6 is 0 Å². The Hall–Kier alpha value is -3.39. The number of Topliss-reactive ketones (excluding diaryl/α,β-unsaturated/α-hetero) is 1. The summed E-state index contributed by atoms with van der Waals surface area (Å²) in [7, 11) is 0. The van der Waals surface area contributed by atoms with Gasteiger partial charge in [-0.1, -0.05) is 18.1 Å². The Labute approximate surface area is 158 Å². The van der Waals surface area contributed by atoms with Crippen LogP contribution in [0.2, 0.25) is 0 Å². The van der Waals surface area contributed by atoms with E-state index in [4.69, 9.17) is 0 Å². The van der Waals surface area contributed by atoms with Crippen molar-refractivity contribution in [3.63, 3.8) is 0 Å². The quantitative estimate of drug-likeness (QED) is 0.632. The minimum atomic E-state index is -0.334. The molecule has 0 spiro atoms. The highest BCUT2D eigenvalue weighted by Crippen LogP contribution is 2.18. The summed E-state index contributed by atoms with van der Waals surface area (Å²) in [5, 5.41) is 3.80. The van der Waals surface area contributed by atoms with E-state index < -0.39 is 0 Å². The molecule has 0 aliphatic rings. The summed E-state index contributed by atoms with van der Waals surface area (Å²) in [6.45, 7) is 1.62. The highest BCUT2D eigenvalue weighted by atomic mass is 16.1. The average molecular weight is 359 g/mol. The van der Waals surface area contributed by atoms with E-state index >= 15 is 0 Å². The number of H-pyrrole nitrogens is 1. The number of aromatic nitrogens is 2. The monoisotopic (exact) mass is 359 g/mol. The molecule has 2 N–H and O–H groups in total. The van der Waals surface area contributed by atoms with Gasteiger partial charge in [0.2, 0.25) is 0 Å². The number of hydrogen-bond acceptors (Lipinski definition) is 3. The third kappa shape index (κ3) is 5.05. The maximum Gasteiger partial charge on any atom is 0.300 e. The Bertz CT molecular complexity index is 1020. The second kappa shape index (κ2) is 8.81. The molecule has 3 rings (SSSR count). The Morgan fingerprint density at radius 1 is 1.15 bits per heavy atom. The lowest BCUT2D eigenvalue weighted by molar-refractivity contribution is -0.119. The summed E-state index contributed by atoms with van der Waals surface area (Å²) in [5.41, 5.74) is 3.70. The molecule has 0 aliphatic carbocycles. The number of pyridine rings is 1. The van der Waals surface area contributed by atoms with Crippen molar-refractivity contribution < 1.29 is 9.59 Å². The Morgan fingerprint density at radius 2 is 2.00 bits per heavy atom. The molecular formula is C22H21N3O2. The van der Waals surface area contributed by atoms with Crippen LogP contribution in [0.5, 0.6) is 0 Å². The molecule has 27 heavy (non-hydrogen) atoms. The van der Waals surface area contributed by atoms with Gasteiger partial charge in [0.15, 0.2) is 0 Å². The maximum absolute atomic E-state index is 12.3. The first kappa shape index (κ1) is 18.4. The van der Waals surface area contributed by atoms with Gasteiger partial charge in [-0.25, -0.2) is 4.98 Å². The molecule has 0 aliphatic heterocycles. The van der Waals surface area contributed by atoms with Gasteiger partial charge in [-0.15, -0.1) is 0 Å². The summed E-state index contributed by atoms with van der Waals surface area (Å²) in [6.07, 6.45) is 5.97. The normalized spacial score (nSPS) is 10.3. The first-order valence-electron chi connectivity index (χ1n) is 8.91. The summed E-state index contributed by atoms with van der Waals surface area (Å²) in [5.74, 6) is 4.90. The van der Waals surface area contributed by atoms with E-state index in [2.05, 4.69) is 27.1 Å². The van der Waals surface area contributed by atoms with E-state index in [9.17, 15) is 9.59 Å². The van der Waals surface area contributed by atoms with E-state index in [0.29, 0.717) is 31.4 Å². The van der Waals surface area contributed by atoms with Crippen molar-refractivity contribution in [3.05, 3.63) is 59.9 Å². The third-order valence-corrected chi connectivity index (χ3v) is 4.34. The number of aryl methyl sites for hydroxylation is 2. The van der Waals surface area contributed by atoms with Crippen LogP contribution in [-0.2, 0) is 22.4 Å². The first-order valence-corrected chi connectivity index (χ1v) is 8.91. The minimum absolute atomic E-state index is 0.224. The zero-order chi connectivity index (χ0) is 19.1. The summed E-state index contributed by atoms with van der Waals surface area (Å²) >= 11 is 0. The standard InChI is InChI=1S/C22H21N3O2/c1-2-4-21(27)25-18-6-3-5-16(15-18)7-9-19(26)10-8-17-11-13-23-22-20(17)12-14-24-22/h3,5-6,11-15H,7-10H2,1H3,(H,23,24)(H,25,27). The number of ketones is 1. The number of fused-ring (bicyclic) bond motifs is 1. The van der Waals surface area contributed by atoms with E-state index in [1.54, 1.807) is 13.1 Å². The Morgan fingerprint density at radius 3 is 2.85 bits per heavy atom. The lowest BCUT2D eigenvalue weighted by Crippen LogP contribution is -2.08. The van der Waals surface area contributed by atoms with Crippen molar-refractivity contribution in [1.29, 1.82) is 0 Å². The number of aromatic amines is 1. The largest absolute Gasteiger partial charge is 0.346 e. The van der Waals surface area contributed by atoms with E-state index in [0.717, 1.165) is 22.2 Å². The molecule has 0 unspecified atom stereocenters. The van der Waals surface area contributed by atoms with Crippen molar-refractivity contribution in [3.8, 4) is 11.8 Å². The molecule has 0 bridgehead atoms.